The molecule has 0 atom stereocenters. The van der Waals surface area contributed by atoms with Crippen LogP contribution in [-0.2, 0) is 6.42 Å². The second kappa shape index (κ2) is 2.94. The van der Waals surface area contributed by atoms with Gasteiger partial charge in [-0.05, 0) is 30.2 Å². The van der Waals surface area contributed by atoms with Crippen LogP contribution < -0.4 is 0 Å². The molecule has 0 fully saturated rings. The first-order valence-corrected chi connectivity index (χ1v) is 4.76. The lowest BCUT2D eigenvalue weighted by Crippen LogP contribution is -1.80. The first kappa shape index (κ1) is 7.87. The third-order valence-electron chi connectivity index (χ3n) is 1.97. The molecular formula is C10H9BrO. The van der Waals surface area contributed by atoms with Crippen molar-refractivity contribution in [3.8, 4) is 0 Å². The van der Waals surface area contributed by atoms with Crippen LogP contribution in [0.5, 0.6) is 0 Å². The fraction of sp³-hybridized carbons (Fsp3) is 0.200. The van der Waals surface area contributed by atoms with E-state index in [1.807, 2.05) is 6.07 Å². The smallest absolute Gasteiger partial charge is 0.137 e. The molecule has 0 aliphatic carbocycles. The highest BCUT2D eigenvalue weighted by atomic mass is 79.9. The predicted octanol–water partition coefficient (Wildman–Crippen LogP) is 3.76. The van der Waals surface area contributed by atoms with E-state index in [9.17, 15) is 0 Å². The molecule has 2 heteroatoms. The molecule has 2 aromatic rings. The molecule has 62 valence electrons. The average Bonchev–Trinajstić information content (AvgIpc) is 2.50. The maximum absolute atomic E-state index is 5.37. The SMILES string of the molecule is CCc1cc(Br)cc2ccoc12. The second-order valence-electron chi connectivity index (χ2n) is 2.76. The van der Waals surface area contributed by atoms with Gasteiger partial charge in [0.1, 0.15) is 5.58 Å². The molecule has 0 aliphatic rings. The lowest BCUT2D eigenvalue weighted by Gasteiger charge is -1.98. The molecule has 2 rings (SSSR count). The van der Waals surface area contributed by atoms with Gasteiger partial charge >= 0.3 is 0 Å². The zero-order chi connectivity index (χ0) is 8.55. The number of hydrogen-bond acceptors (Lipinski definition) is 1. The van der Waals surface area contributed by atoms with E-state index in [1.54, 1.807) is 6.26 Å². The van der Waals surface area contributed by atoms with Crippen molar-refractivity contribution in [1.29, 1.82) is 0 Å². The summed E-state index contributed by atoms with van der Waals surface area (Å²) in [5, 5.41) is 1.17. The minimum absolute atomic E-state index is 1.00. The molecule has 0 saturated carbocycles. The van der Waals surface area contributed by atoms with Gasteiger partial charge in [-0.2, -0.15) is 0 Å². The molecule has 0 amide bonds. The van der Waals surface area contributed by atoms with E-state index in [1.165, 1.54) is 10.9 Å². The fourth-order valence-corrected chi connectivity index (χ4v) is 1.90. The summed E-state index contributed by atoms with van der Waals surface area (Å²) in [6, 6.07) is 6.16. The van der Waals surface area contributed by atoms with E-state index in [-0.39, 0.29) is 0 Å². The van der Waals surface area contributed by atoms with Crippen LogP contribution in [0.25, 0.3) is 11.0 Å². The summed E-state index contributed by atoms with van der Waals surface area (Å²) in [7, 11) is 0. The van der Waals surface area contributed by atoms with Gasteiger partial charge in [0.15, 0.2) is 0 Å². The van der Waals surface area contributed by atoms with Crippen molar-refractivity contribution in [2.24, 2.45) is 0 Å². The molecule has 1 aromatic heterocycles. The monoisotopic (exact) mass is 224 g/mol. The Hall–Kier alpha value is -0.760. The summed E-state index contributed by atoms with van der Waals surface area (Å²) >= 11 is 3.47. The Balaban J connectivity index is 2.80. The van der Waals surface area contributed by atoms with E-state index >= 15 is 0 Å². The Morgan fingerprint density at radius 2 is 2.25 bits per heavy atom. The molecule has 0 radical (unpaired) electrons. The van der Waals surface area contributed by atoms with Crippen LogP contribution in [0.1, 0.15) is 12.5 Å². The maximum Gasteiger partial charge on any atom is 0.137 e. The Kier molecular flexibility index (Phi) is 1.93. The van der Waals surface area contributed by atoms with Gasteiger partial charge in [0.05, 0.1) is 6.26 Å². The molecular weight excluding hydrogens is 216 g/mol. The van der Waals surface area contributed by atoms with Crippen LogP contribution >= 0.6 is 15.9 Å². The number of halogens is 1. The van der Waals surface area contributed by atoms with Crippen molar-refractivity contribution < 1.29 is 4.42 Å². The third kappa shape index (κ3) is 1.16. The zero-order valence-electron chi connectivity index (χ0n) is 6.80. The van der Waals surface area contributed by atoms with Crippen molar-refractivity contribution in [3.05, 3.63) is 34.5 Å². The van der Waals surface area contributed by atoms with E-state index in [2.05, 4.69) is 35.0 Å². The highest BCUT2D eigenvalue weighted by Crippen LogP contribution is 2.25. The summed E-state index contributed by atoms with van der Waals surface area (Å²) in [5.41, 5.74) is 2.27. The average molecular weight is 225 g/mol. The molecule has 1 aromatic carbocycles. The number of fused-ring (bicyclic) bond motifs is 1. The van der Waals surface area contributed by atoms with E-state index in [0.717, 1.165) is 16.5 Å². The summed E-state index contributed by atoms with van der Waals surface area (Å²) < 4.78 is 6.49. The van der Waals surface area contributed by atoms with Gasteiger partial charge in [0.2, 0.25) is 0 Å². The van der Waals surface area contributed by atoms with Gasteiger partial charge in [-0.1, -0.05) is 22.9 Å². The van der Waals surface area contributed by atoms with Crippen LogP contribution in [0, 0.1) is 0 Å². The summed E-state index contributed by atoms with van der Waals surface area (Å²) in [6.07, 6.45) is 2.74. The largest absolute Gasteiger partial charge is 0.464 e. The van der Waals surface area contributed by atoms with Gasteiger partial charge in [0.25, 0.3) is 0 Å². The second-order valence-corrected chi connectivity index (χ2v) is 3.67. The lowest BCUT2D eigenvalue weighted by atomic mass is 10.1. The predicted molar refractivity (Wildman–Crippen MR) is 53.3 cm³/mol. The van der Waals surface area contributed by atoms with Crippen molar-refractivity contribution in [1.82, 2.24) is 0 Å². The molecule has 0 aliphatic heterocycles. The van der Waals surface area contributed by atoms with Gasteiger partial charge in [-0.3, -0.25) is 0 Å². The standard InChI is InChI=1S/C10H9BrO/c1-2-7-5-9(11)6-8-3-4-12-10(7)8/h3-6H,2H2,1H3. The third-order valence-corrected chi connectivity index (χ3v) is 2.43. The molecule has 0 spiro atoms. The lowest BCUT2D eigenvalue weighted by molar-refractivity contribution is 0.611. The number of aryl methyl sites for hydroxylation is 1. The number of rotatable bonds is 1. The Labute approximate surface area is 79.5 Å². The van der Waals surface area contributed by atoms with Crippen molar-refractivity contribution in [2.45, 2.75) is 13.3 Å². The van der Waals surface area contributed by atoms with Gasteiger partial charge < -0.3 is 4.42 Å². The van der Waals surface area contributed by atoms with E-state index in [0.29, 0.717) is 0 Å². The van der Waals surface area contributed by atoms with Crippen LogP contribution in [0.3, 0.4) is 0 Å². The normalized spacial score (nSPS) is 10.8. The fourth-order valence-electron chi connectivity index (χ4n) is 1.38. The minimum Gasteiger partial charge on any atom is -0.464 e. The van der Waals surface area contributed by atoms with E-state index < -0.39 is 0 Å². The highest BCUT2D eigenvalue weighted by molar-refractivity contribution is 9.10. The Morgan fingerprint density at radius 1 is 1.42 bits per heavy atom. The first-order valence-electron chi connectivity index (χ1n) is 3.97. The van der Waals surface area contributed by atoms with Crippen molar-refractivity contribution in [2.75, 3.05) is 0 Å². The van der Waals surface area contributed by atoms with Crippen LogP contribution in [0.2, 0.25) is 0 Å². The number of benzene rings is 1. The summed E-state index contributed by atoms with van der Waals surface area (Å²) in [4.78, 5) is 0. The van der Waals surface area contributed by atoms with Crippen LogP contribution in [0.4, 0.5) is 0 Å². The quantitative estimate of drug-likeness (QED) is 0.720. The van der Waals surface area contributed by atoms with Crippen LogP contribution in [-0.4, -0.2) is 0 Å². The first-order chi connectivity index (χ1) is 5.81. The van der Waals surface area contributed by atoms with Crippen molar-refractivity contribution >= 4 is 26.9 Å². The molecule has 0 saturated heterocycles. The molecule has 0 N–H and O–H groups in total. The topological polar surface area (TPSA) is 13.1 Å². The Morgan fingerprint density at radius 3 is 3.00 bits per heavy atom. The van der Waals surface area contributed by atoms with E-state index in [4.69, 9.17) is 4.42 Å². The molecule has 0 bridgehead atoms. The summed E-state index contributed by atoms with van der Waals surface area (Å²) in [5.74, 6) is 0. The minimum atomic E-state index is 1.00. The number of furan rings is 1. The zero-order valence-corrected chi connectivity index (χ0v) is 8.39. The summed E-state index contributed by atoms with van der Waals surface area (Å²) in [6.45, 7) is 2.13. The van der Waals surface area contributed by atoms with Crippen LogP contribution in [0.15, 0.2) is 33.4 Å². The molecule has 0 unspecified atom stereocenters. The molecule has 1 nitrogen and oxygen atoms in total. The molecule has 1 heterocycles. The van der Waals surface area contributed by atoms with Gasteiger partial charge in [-0.15, -0.1) is 0 Å². The van der Waals surface area contributed by atoms with Gasteiger partial charge in [0, 0.05) is 9.86 Å². The van der Waals surface area contributed by atoms with Crippen molar-refractivity contribution in [3.63, 3.8) is 0 Å². The molecule has 12 heavy (non-hydrogen) atoms. The highest BCUT2D eigenvalue weighted by Gasteiger charge is 2.03. The van der Waals surface area contributed by atoms with Gasteiger partial charge in [-0.25, -0.2) is 0 Å². The maximum atomic E-state index is 5.37. The Bertz CT molecular complexity index is 403. The number of hydrogen-bond donors (Lipinski definition) is 0.